The summed E-state index contributed by atoms with van der Waals surface area (Å²) in [5.41, 5.74) is 4.69. The van der Waals surface area contributed by atoms with Crippen molar-refractivity contribution in [2.24, 2.45) is 0 Å². The third kappa shape index (κ3) is 4.88. The Labute approximate surface area is 172 Å². The van der Waals surface area contributed by atoms with Gasteiger partial charge in [-0.1, -0.05) is 24.3 Å². The molecule has 1 aliphatic rings. The highest BCUT2D eigenvalue weighted by Crippen LogP contribution is 2.40. The summed E-state index contributed by atoms with van der Waals surface area (Å²) in [7, 11) is 4.74. The molecule has 152 valence electrons. The van der Waals surface area contributed by atoms with Crippen LogP contribution in [0.15, 0.2) is 30.3 Å². The van der Waals surface area contributed by atoms with Gasteiger partial charge in [0.1, 0.15) is 0 Å². The van der Waals surface area contributed by atoms with Crippen molar-refractivity contribution >= 4 is 18.3 Å². The Morgan fingerprint density at radius 1 is 1.00 bits per heavy atom. The molecule has 1 aliphatic heterocycles. The minimum atomic E-state index is 0. The largest absolute Gasteiger partial charge is 0.493 e. The molecule has 1 amide bonds. The second kappa shape index (κ2) is 10.2. The number of rotatable bonds is 8. The van der Waals surface area contributed by atoms with E-state index in [0.717, 1.165) is 24.2 Å². The van der Waals surface area contributed by atoms with Gasteiger partial charge in [0.15, 0.2) is 11.5 Å². The van der Waals surface area contributed by atoms with Crippen LogP contribution < -0.4 is 24.8 Å². The van der Waals surface area contributed by atoms with Crippen LogP contribution in [-0.2, 0) is 30.8 Å². The van der Waals surface area contributed by atoms with Gasteiger partial charge in [0.2, 0.25) is 11.7 Å². The van der Waals surface area contributed by atoms with E-state index in [1.165, 1.54) is 11.1 Å². The summed E-state index contributed by atoms with van der Waals surface area (Å²) in [6.45, 7) is 2.36. The molecule has 0 fully saturated rings. The van der Waals surface area contributed by atoms with E-state index in [-0.39, 0.29) is 18.3 Å². The first-order valence-corrected chi connectivity index (χ1v) is 9.02. The minimum Gasteiger partial charge on any atom is -0.493 e. The average Bonchev–Trinajstić information content (AvgIpc) is 3.17. The van der Waals surface area contributed by atoms with Gasteiger partial charge in [-0.2, -0.15) is 0 Å². The molecule has 0 atom stereocenters. The van der Waals surface area contributed by atoms with Gasteiger partial charge >= 0.3 is 0 Å². The topological polar surface area (TPSA) is 68.8 Å². The number of halogens is 1. The molecule has 3 rings (SSSR count). The Morgan fingerprint density at radius 3 is 2.46 bits per heavy atom. The second-order valence-electron chi connectivity index (χ2n) is 6.48. The molecule has 0 saturated heterocycles. The van der Waals surface area contributed by atoms with E-state index < -0.39 is 0 Å². The van der Waals surface area contributed by atoms with Crippen molar-refractivity contribution in [3.05, 3.63) is 52.6 Å². The SMILES string of the molecule is COc1ccc(CCC(=O)NCc2ccc3c(c2)CNC3)c(OC)c1OC.Cl. The summed E-state index contributed by atoms with van der Waals surface area (Å²) in [6, 6.07) is 10.1. The van der Waals surface area contributed by atoms with Crippen LogP contribution in [0.5, 0.6) is 17.2 Å². The van der Waals surface area contributed by atoms with Crippen LogP contribution in [0, 0.1) is 0 Å². The summed E-state index contributed by atoms with van der Waals surface area (Å²) in [4.78, 5) is 12.3. The number of aryl methyl sites for hydroxylation is 1. The van der Waals surface area contributed by atoms with E-state index in [1.807, 2.05) is 12.1 Å². The van der Waals surface area contributed by atoms with Crippen molar-refractivity contribution in [2.75, 3.05) is 21.3 Å². The van der Waals surface area contributed by atoms with Crippen LogP contribution in [0.25, 0.3) is 0 Å². The van der Waals surface area contributed by atoms with Crippen LogP contribution in [0.1, 0.15) is 28.7 Å². The van der Waals surface area contributed by atoms with E-state index >= 15 is 0 Å². The predicted molar refractivity (Wildman–Crippen MR) is 110 cm³/mol. The van der Waals surface area contributed by atoms with Crippen LogP contribution in [0.3, 0.4) is 0 Å². The van der Waals surface area contributed by atoms with Gasteiger partial charge in [-0.15, -0.1) is 12.4 Å². The minimum absolute atomic E-state index is 0. The quantitative estimate of drug-likeness (QED) is 0.705. The van der Waals surface area contributed by atoms with Crippen LogP contribution >= 0.6 is 12.4 Å². The molecule has 0 spiro atoms. The number of ether oxygens (including phenoxy) is 3. The maximum atomic E-state index is 12.3. The molecule has 0 bridgehead atoms. The zero-order valence-corrected chi connectivity index (χ0v) is 17.3. The summed E-state index contributed by atoms with van der Waals surface area (Å²) in [5.74, 6) is 1.76. The lowest BCUT2D eigenvalue weighted by Gasteiger charge is -2.15. The van der Waals surface area contributed by atoms with E-state index in [1.54, 1.807) is 21.3 Å². The molecule has 6 nitrogen and oxygen atoms in total. The maximum Gasteiger partial charge on any atom is 0.220 e. The lowest BCUT2D eigenvalue weighted by atomic mass is 10.1. The first kappa shape index (κ1) is 21.9. The first-order valence-electron chi connectivity index (χ1n) is 9.02. The number of methoxy groups -OCH3 is 3. The Morgan fingerprint density at radius 2 is 1.75 bits per heavy atom. The lowest BCUT2D eigenvalue weighted by molar-refractivity contribution is -0.121. The Bertz CT molecular complexity index is 826. The number of carbonyl (C=O) groups excluding carboxylic acids is 1. The molecule has 0 radical (unpaired) electrons. The third-order valence-corrected chi connectivity index (χ3v) is 4.80. The fourth-order valence-electron chi connectivity index (χ4n) is 3.36. The van der Waals surface area contributed by atoms with E-state index in [2.05, 4.69) is 28.8 Å². The average molecular weight is 407 g/mol. The molecule has 7 heteroatoms. The fraction of sp³-hybridized carbons (Fsp3) is 0.381. The monoisotopic (exact) mass is 406 g/mol. The van der Waals surface area contributed by atoms with Crippen molar-refractivity contribution in [1.29, 1.82) is 0 Å². The molecule has 2 aromatic rings. The second-order valence-corrected chi connectivity index (χ2v) is 6.48. The Balaban J connectivity index is 0.00000280. The van der Waals surface area contributed by atoms with Gasteiger partial charge in [-0.25, -0.2) is 0 Å². The van der Waals surface area contributed by atoms with E-state index in [4.69, 9.17) is 14.2 Å². The van der Waals surface area contributed by atoms with Crippen molar-refractivity contribution in [2.45, 2.75) is 32.5 Å². The summed E-state index contributed by atoms with van der Waals surface area (Å²) < 4.78 is 16.2. The maximum absolute atomic E-state index is 12.3. The summed E-state index contributed by atoms with van der Waals surface area (Å²) in [5, 5.41) is 6.32. The third-order valence-electron chi connectivity index (χ3n) is 4.80. The number of benzene rings is 2. The molecule has 0 aromatic heterocycles. The van der Waals surface area contributed by atoms with E-state index in [0.29, 0.717) is 36.6 Å². The molecule has 2 N–H and O–H groups in total. The highest BCUT2D eigenvalue weighted by molar-refractivity contribution is 5.85. The number of hydrogen-bond donors (Lipinski definition) is 2. The number of nitrogens with one attached hydrogen (secondary N) is 2. The van der Waals surface area contributed by atoms with Crippen molar-refractivity contribution in [1.82, 2.24) is 10.6 Å². The molecule has 2 aromatic carbocycles. The standard InChI is InChI=1S/C21H26N2O4.ClH/c1-25-18-8-6-15(20(26-2)21(18)27-3)7-9-19(24)23-11-14-4-5-16-12-22-13-17(16)10-14;/h4-6,8,10,22H,7,9,11-13H2,1-3H3,(H,23,24);1H. The number of fused-ring (bicyclic) bond motifs is 1. The van der Waals surface area contributed by atoms with E-state index in [9.17, 15) is 4.79 Å². The zero-order valence-electron chi connectivity index (χ0n) is 16.5. The van der Waals surface area contributed by atoms with Crippen LogP contribution in [0.4, 0.5) is 0 Å². The first-order chi connectivity index (χ1) is 13.2. The van der Waals surface area contributed by atoms with Crippen molar-refractivity contribution in [3.63, 3.8) is 0 Å². The smallest absolute Gasteiger partial charge is 0.220 e. The highest BCUT2D eigenvalue weighted by Gasteiger charge is 2.16. The predicted octanol–water partition coefficient (Wildman–Crippen LogP) is 2.99. The van der Waals surface area contributed by atoms with Crippen LogP contribution in [-0.4, -0.2) is 27.2 Å². The number of carbonyl (C=O) groups is 1. The van der Waals surface area contributed by atoms with Gasteiger partial charge < -0.3 is 24.8 Å². The molecule has 28 heavy (non-hydrogen) atoms. The molecular formula is C21H27ClN2O4. The highest BCUT2D eigenvalue weighted by atomic mass is 35.5. The lowest BCUT2D eigenvalue weighted by Crippen LogP contribution is -2.23. The van der Waals surface area contributed by atoms with Gasteiger partial charge in [0, 0.05) is 26.1 Å². The summed E-state index contributed by atoms with van der Waals surface area (Å²) in [6.07, 6.45) is 0.932. The van der Waals surface area contributed by atoms with Crippen LogP contribution in [0.2, 0.25) is 0 Å². The molecule has 0 saturated carbocycles. The summed E-state index contributed by atoms with van der Waals surface area (Å²) >= 11 is 0. The number of hydrogen-bond acceptors (Lipinski definition) is 5. The molecule has 1 heterocycles. The molecular weight excluding hydrogens is 380 g/mol. The Kier molecular flexibility index (Phi) is 7.96. The van der Waals surface area contributed by atoms with Gasteiger partial charge in [-0.3, -0.25) is 4.79 Å². The molecule has 0 unspecified atom stereocenters. The van der Waals surface area contributed by atoms with Gasteiger partial charge in [-0.05, 0) is 34.7 Å². The normalized spacial score (nSPS) is 12.0. The van der Waals surface area contributed by atoms with Gasteiger partial charge in [0.05, 0.1) is 21.3 Å². The fourth-order valence-corrected chi connectivity index (χ4v) is 3.36. The molecule has 0 aliphatic carbocycles. The Hall–Kier alpha value is -2.44. The zero-order chi connectivity index (χ0) is 19.2. The van der Waals surface area contributed by atoms with Crippen molar-refractivity contribution in [3.8, 4) is 17.2 Å². The number of amides is 1. The van der Waals surface area contributed by atoms with Crippen molar-refractivity contribution < 1.29 is 19.0 Å². The van der Waals surface area contributed by atoms with Gasteiger partial charge in [0.25, 0.3) is 0 Å².